The zero-order chi connectivity index (χ0) is 14.8. The highest BCUT2D eigenvalue weighted by Crippen LogP contribution is 2.21. The fraction of sp³-hybridized carbons (Fsp3) is 0.375. The van der Waals surface area contributed by atoms with Crippen LogP contribution in [0.4, 0.5) is 10.5 Å². The van der Waals surface area contributed by atoms with Gasteiger partial charge in [0.2, 0.25) is 0 Å². The van der Waals surface area contributed by atoms with Crippen LogP contribution in [0.25, 0.3) is 0 Å². The lowest BCUT2D eigenvalue weighted by Gasteiger charge is -2.28. The number of para-hydroxylation sites is 1. The molecule has 0 spiro atoms. The summed E-state index contributed by atoms with van der Waals surface area (Å²) in [6, 6.07) is 9.86. The van der Waals surface area contributed by atoms with Gasteiger partial charge in [-0.15, -0.1) is 0 Å². The molecule has 2 heterocycles. The van der Waals surface area contributed by atoms with Crippen LogP contribution in [0.2, 0.25) is 0 Å². The Kier molecular flexibility index (Phi) is 3.64. The molecular formula is C16H20N4O. The van der Waals surface area contributed by atoms with Crippen LogP contribution in [0.5, 0.6) is 0 Å². The summed E-state index contributed by atoms with van der Waals surface area (Å²) >= 11 is 0. The second-order valence-corrected chi connectivity index (χ2v) is 5.61. The van der Waals surface area contributed by atoms with Gasteiger partial charge >= 0.3 is 6.03 Å². The first kappa shape index (κ1) is 13.7. The van der Waals surface area contributed by atoms with Crippen molar-refractivity contribution < 1.29 is 4.79 Å². The van der Waals surface area contributed by atoms with E-state index in [1.54, 1.807) is 0 Å². The highest BCUT2D eigenvalue weighted by molar-refractivity contribution is 5.89. The number of nitrogens with zero attached hydrogens (tertiary/aromatic N) is 3. The zero-order valence-corrected chi connectivity index (χ0v) is 12.4. The van der Waals surface area contributed by atoms with E-state index in [4.69, 9.17) is 0 Å². The van der Waals surface area contributed by atoms with Crippen LogP contribution in [-0.2, 0) is 13.0 Å². The van der Waals surface area contributed by atoms with Crippen molar-refractivity contribution in [3.05, 3.63) is 48.0 Å². The summed E-state index contributed by atoms with van der Waals surface area (Å²) in [7, 11) is 0. The Balaban J connectivity index is 1.73. The maximum absolute atomic E-state index is 12.4. The lowest BCUT2D eigenvalue weighted by Crippen LogP contribution is -2.39. The first-order valence-electron chi connectivity index (χ1n) is 7.30. The fourth-order valence-corrected chi connectivity index (χ4v) is 2.65. The first-order valence-corrected chi connectivity index (χ1v) is 7.30. The molecule has 1 N–H and O–H groups in total. The van der Waals surface area contributed by atoms with Gasteiger partial charge in [0.1, 0.15) is 0 Å². The lowest BCUT2D eigenvalue weighted by atomic mass is 10.1. The van der Waals surface area contributed by atoms with Gasteiger partial charge in [-0.25, -0.2) is 9.78 Å². The van der Waals surface area contributed by atoms with Crippen LogP contribution in [-0.4, -0.2) is 27.0 Å². The number of urea groups is 1. The molecule has 0 saturated heterocycles. The maximum Gasteiger partial charge on any atom is 0.322 e. The van der Waals surface area contributed by atoms with Gasteiger partial charge in [0, 0.05) is 24.7 Å². The number of hydrogen-bond donors (Lipinski definition) is 1. The molecule has 1 aromatic carbocycles. The molecule has 0 radical (unpaired) electrons. The largest absolute Gasteiger partial charge is 0.330 e. The second kappa shape index (κ2) is 5.60. The van der Waals surface area contributed by atoms with E-state index >= 15 is 0 Å². The number of hydrogen-bond acceptors (Lipinski definition) is 2. The monoisotopic (exact) mass is 284 g/mol. The fourth-order valence-electron chi connectivity index (χ4n) is 2.65. The molecule has 21 heavy (non-hydrogen) atoms. The molecule has 0 fully saturated rings. The molecule has 5 heteroatoms. The van der Waals surface area contributed by atoms with E-state index in [1.807, 2.05) is 41.6 Å². The summed E-state index contributed by atoms with van der Waals surface area (Å²) in [5.41, 5.74) is 3.09. The molecule has 1 aliphatic heterocycles. The number of rotatable bonds is 2. The minimum absolute atomic E-state index is 0.0524. The minimum atomic E-state index is -0.0524. The maximum atomic E-state index is 12.4. The van der Waals surface area contributed by atoms with E-state index in [0.29, 0.717) is 19.1 Å². The van der Waals surface area contributed by atoms with Crippen LogP contribution in [0.15, 0.2) is 36.7 Å². The number of carbonyl (C=O) groups is 1. The summed E-state index contributed by atoms with van der Waals surface area (Å²) in [6.45, 7) is 5.59. The van der Waals surface area contributed by atoms with Crippen molar-refractivity contribution >= 4 is 11.7 Å². The molecule has 5 nitrogen and oxygen atoms in total. The summed E-state index contributed by atoms with van der Waals surface area (Å²) in [5, 5.41) is 2.94. The number of fused-ring (bicyclic) bond motifs is 1. The normalized spacial score (nSPS) is 14.1. The summed E-state index contributed by atoms with van der Waals surface area (Å²) in [6.07, 6.45) is 2.70. The molecule has 1 aromatic heterocycles. The predicted molar refractivity (Wildman–Crippen MR) is 82.2 cm³/mol. The summed E-state index contributed by atoms with van der Waals surface area (Å²) in [5.74, 6) is 0. The van der Waals surface area contributed by atoms with Crippen LogP contribution in [0, 0.1) is 0 Å². The smallest absolute Gasteiger partial charge is 0.322 e. The van der Waals surface area contributed by atoms with Gasteiger partial charge in [0.15, 0.2) is 0 Å². The molecule has 0 bridgehead atoms. The number of anilines is 1. The standard InChI is InChI=1S/C16H20N4O/c1-12(2)20-11-17-14-8-9-19(10-15(14)20)16(21)18-13-6-4-3-5-7-13/h3-7,11-12H,8-10H2,1-2H3,(H,18,21). The third kappa shape index (κ3) is 2.77. The van der Waals surface area contributed by atoms with E-state index in [-0.39, 0.29) is 6.03 Å². The van der Waals surface area contributed by atoms with Gasteiger partial charge in [-0.2, -0.15) is 0 Å². The van der Waals surface area contributed by atoms with Crippen molar-refractivity contribution in [3.8, 4) is 0 Å². The van der Waals surface area contributed by atoms with E-state index in [1.165, 1.54) is 0 Å². The Morgan fingerprint density at radius 1 is 1.29 bits per heavy atom. The first-order chi connectivity index (χ1) is 10.1. The van der Waals surface area contributed by atoms with Gasteiger partial charge in [0.25, 0.3) is 0 Å². The van der Waals surface area contributed by atoms with Crippen LogP contribution < -0.4 is 5.32 Å². The number of nitrogens with one attached hydrogen (secondary N) is 1. The Labute approximate surface area is 124 Å². The highest BCUT2D eigenvalue weighted by atomic mass is 16.2. The average Bonchev–Trinajstić information content (AvgIpc) is 2.91. The van der Waals surface area contributed by atoms with Crippen molar-refractivity contribution in [2.45, 2.75) is 32.9 Å². The molecule has 0 aliphatic carbocycles. The van der Waals surface area contributed by atoms with Crippen molar-refractivity contribution in [2.24, 2.45) is 0 Å². The predicted octanol–water partition coefficient (Wildman–Crippen LogP) is 3.05. The second-order valence-electron chi connectivity index (χ2n) is 5.61. The lowest BCUT2D eigenvalue weighted by molar-refractivity contribution is 0.204. The van der Waals surface area contributed by atoms with Crippen LogP contribution >= 0.6 is 0 Å². The molecule has 1 aliphatic rings. The Morgan fingerprint density at radius 2 is 2.05 bits per heavy atom. The van der Waals surface area contributed by atoms with Gasteiger partial charge in [0.05, 0.1) is 24.3 Å². The van der Waals surface area contributed by atoms with Gasteiger partial charge < -0.3 is 14.8 Å². The molecule has 2 aromatic rings. The third-order valence-corrected chi connectivity index (χ3v) is 3.81. The van der Waals surface area contributed by atoms with Crippen LogP contribution in [0.1, 0.15) is 31.3 Å². The molecule has 2 amide bonds. The molecule has 110 valence electrons. The Morgan fingerprint density at radius 3 is 2.76 bits per heavy atom. The molecule has 3 rings (SSSR count). The molecule has 0 atom stereocenters. The van der Waals surface area contributed by atoms with Crippen molar-refractivity contribution in [1.82, 2.24) is 14.5 Å². The quantitative estimate of drug-likeness (QED) is 0.921. The number of aromatic nitrogens is 2. The number of amides is 2. The Hall–Kier alpha value is -2.30. The third-order valence-electron chi connectivity index (χ3n) is 3.81. The van der Waals surface area contributed by atoms with Gasteiger partial charge in [-0.1, -0.05) is 18.2 Å². The van der Waals surface area contributed by atoms with Gasteiger partial charge in [-0.05, 0) is 26.0 Å². The summed E-state index contributed by atoms with van der Waals surface area (Å²) < 4.78 is 2.15. The number of carbonyl (C=O) groups excluding carboxylic acids is 1. The summed E-state index contributed by atoms with van der Waals surface area (Å²) in [4.78, 5) is 18.7. The SMILES string of the molecule is CC(C)n1cnc2c1CN(C(=O)Nc1ccccc1)CC2. The van der Waals surface area contributed by atoms with E-state index in [0.717, 1.165) is 23.5 Å². The molecular weight excluding hydrogens is 264 g/mol. The number of imidazole rings is 1. The Bertz CT molecular complexity index is 633. The van der Waals surface area contributed by atoms with E-state index in [2.05, 4.69) is 28.7 Å². The molecule has 0 saturated carbocycles. The molecule has 0 unspecified atom stereocenters. The number of benzene rings is 1. The minimum Gasteiger partial charge on any atom is -0.330 e. The zero-order valence-electron chi connectivity index (χ0n) is 12.4. The van der Waals surface area contributed by atoms with Crippen LogP contribution in [0.3, 0.4) is 0 Å². The van der Waals surface area contributed by atoms with Crippen molar-refractivity contribution in [2.75, 3.05) is 11.9 Å². The highest BCUT2D eigenvalue weighted by Gasteiger charge is 2.25. The van der Waals surface area contributed by atoms with E-state index in [9.17, 15) is 4.79 Å². The van der Waals surface area contributed by atoms with Crippen molar-refractivity contribution in [3.63, 3.8) is 0 Å². The van der Waals surface area contributed by atoms with E-state index < -0.39 is 0 Å². The van der Waals surface area contributed by atoms with Crippen molar-refractivity contribution in [1.29, 1.82) is 0 Å². The van der Waals surface area contributed by atoms with Gasteiger partial charge in [-0.3, -0.25) is 0 Å². The topological polar surface area (TPSA) is 50.2 Å². The average molecular weight is 284 g/mol.